The minimum Gasteiger partial charge on any atom is -0.377 e. The molecular weight excluding hydrogens is 265 g/mol. The fraction of sp³-hybridized carbons (Fsp3) is 0.571. The average Bonchev–Trinajstić information content (AvgIpc) is 2.38. The van der Waals surface area contributed by atoms with E-state index in [1.165, 1.54) is 12.1 Å². The molecule has 0 aromatic heterocycles. The molecule has 3 fully saturated rings. The zero-order valence-corrected chi connectivity index (χ0v) is 11.6. The molecule has 0 aliphatic carbocycles. The molecule has 2 bridgehead atoms. The lowest BCUT2D eigenvalue weighted by Crippen LogP contribution is -2.66. The molecule has 1 unspecified atom stereocenters. The minimum absolute atomic E-state index is 0.145. The van der Waals surface area contributed by atoms with Crippen LogP contribution >= 0.6 is 11.6 Å². The Labute approximate surface area is 117 Å². The van der Waals surface area contributed by atoms with Crippen LogP contribution in [0.2, 0.25) is 5.02 Å². The average molecular weight is 284 g/mol. The fourth-order valence-electron chi connectivity index (χ4n) is 3.51. The Kier molecular flexibility index (Phi) is 3.41. The highest BCUT2D eigenvalue weighted by Gasteiger charge is 2.45. The van der Waals surface area contributed by atoms with Crippen LogP contribution in [0.15, 0.2) is 18.2 Å². The van der Waals surface area contributed by atoms with Crippen LogP contribution in [-0.4, -0.2) is 36.6 Å². The molecule has 1 aromatic rings. The number of nitrogens with one attached hydrogen (secondary N) is 1. The van der Waals surface area contributed by atoms with Crippen LogP contribution in [0.5, 0.6) is 0 Å². The minimum atomic E-state index is -0.316. The number of rotatable bonds is 3. The Morgan fingerprint density at radius 1 is 1.37 bits per heavy atom. The molecular formula is C14H19ClFN3. The summed E-state index contributed by atoms with van der Waals surface area (Å²) >= 11 is 5.91. The maximum absolute atomic E-state index is 13.4. The van der Waals surface area contributed by atoms with Gasteiger partial charge in [-0.2, -0.15) is 0 Å². The second-order valence-corrected chi connectivity index (χ2v) is 6.13. The van der Waals surface area contributed by atoms with E-state index in [1.54, 1.807) is 6.07 Å². The van der Waals surface area contributed by atoms with Crippen LogP contribution in [0, 0.1) is 11.7 Å². The topological polar surface area (TPSA) is 41.3 Å². The van der Waals surface area contributed by atoms with Gasteiger partial charge in [0.25, 0.3) is 0 Å². The molecule has 4 rings (SSSR count). The second-order valence-electron chi connectivity index (χ2n) is 5.69. The Bertz CT molecular complexity index is 454. The molecule has 3 aliphatic heterocycles. The first-order chi connectivity index (χ1) is 9.11. The van der Waals surface area contributed by atoms with Gasteiger partial charge >= 0.3 is 0 Å². The SMILES string of the molecule is NCC1(Nc2cc(F)cc(Cl)c2)CN2CCC1CC2. The van der Waals surface area contributed by atoms with Crippen LogP contribution in [0.3, 0.4) is 0 Å². The summed E-state index contributed by atoms with van der Waals surface area (Å²) in [5.41, 5.74) is 6.61. The first kappa shape index (κ1) is 13.2. The number of hydrogen-bond acceptors (Lipinski definition) is 3. The third-order valence-corrected chi connectivity index (χ3v) is 4.71. The molecule has 19 heavy (non-hydrogen) atoms. The van der Waals surface area contributed by atoms with Gasteiger partial charge in [-0.3, -0.25) is 0 Å². The van der Waals surface area contributed by atoms with E-state index in [9.17, 15) is 4.39 Å². The van der Waals surface area contributed by atoms with E-state index in [0.717, 1.165) is 38.2 Å². The van der Waals surface area contributed by atoms with E-state index in [2.05, 4.69) is 10.2 Å². The van der Waals surface area contributed by atoms with Crippen molar-refractivity contribution < 1.29 is 4.39 Å². The van der Waals surface area contributed by atoms with E-state index in [1.807, 2.05) is 0 Å². The third-order valence-electron chi connectivity index (χ3n) is 4.49. The molecule has 3 N–H and O–H groups in total. The lowest BCUT2D eigenvalue weighted by atomic mass is 9.72. The number of fused-ring (bicyclic) bond motifs is 3. The fourth-order valence-corrected chi connectivity index (χ4v) is 3.73. The van der Waals surface area contributed by atoms with Crippen LogP contribution in [-0.2, 0) is 0 Å². The quantitative estimate of drug-likeness (QED) is 0.894. The Balaban J connectivity index is 1.87. The Hall–Kier alpha value is -0.840. The van der Waals surface area contributed by atoms with Crippen molar-refractivity contribution in [1.82, 2.24) is 4.90 Å². The van der Waals surface area contributed by atoms with Gasteiger partial charge < -0.3 is 16.0 Å². The first-order valence-corrected chi connectivity index (χ1v) is 7.16. The second kappa shape index (κ2) is 4.93. The monoisotopic (exact) mass is 283 g/mol. The lowest BCUT2D eigenvalue weighted by molar-refractivity contribution is 0.0449. The molecule has 3 saturated heterocycles. The summed E-state index contributed by atoms with van der Waals surface area (Å²) in [7, 11) is 0. The van der Waals surface area contributed by atoms with E-state index < -0.39 is 0 Å². The largest absolute Gasteiger partial charge is 0.377 e. The van der Waals surface area contributed by atoms with Gasteiger partial charge in [-0.25, -0.2) is 4.39 Å². The van der Waals surface area contributed by atoms with Gasteiger partial charge in [0, 0.05) is 23.8 Å². The van der Waals surface area contributed by atoms with Gasteiger partial charge in [-0.15, -0.1) is 0 Å². The van der Waals surface area contributed by atoms with Gasteiger partial charge in [0.2, 0.25) is 0 Å². The van der Waals surface area contributed by atoms with Crippen LogP contribution < -0.4 is 11.1 Å². The summed E-state index contributed by atoms with van der Waals surface area (Å²) in [5, 5.41) is 3.88. The Morgan fingerprint density at radius 2 is 2.11 bits per heavy atom. The summed E-state index contributed by atoms with van der Waals surface area (Å²) in [6, 6.07) is 4.57. The van der Waals surface area contributed by atoms with Crippen molar-refractivity contribution >= 4 is 17.3 Å². The van der Waals surface area contributed by atoms with Crippen molar-refractivity contribution in [3.8, 4) is 0 Å². The smallest absolute Gasteiger partial charge is 0.126 e. The predicted octanol–water partition coefficient (Wildman–Crippen LogP) is 2.31. The van der Waals surface area contributed by atoms with Crippen molar-refractivity contribution in [2.45, 2.75) is 18.4 Å². The highest BCUT2D eigenvalue weighted by Crippen LogP contribution is 2.37. The molecule has 1 aromatic carbocycles. The summed E-state index contributed by atoms with van der Waals surface area (Å²) in [5.74, 6) is 0.244. The zero-order valence-electron chi connectivity index (χ0n) is 10.8. The molecule has 3 aliphatic rings. The number of nitrogens with two attached hydrogens (primary N) is 1. The molecule has 3 heterocycles. The number of benzene rings is 1. The number of nitrogens with zero attached hydrogens (tertiary/aromatic N) is 1. The summed E-state index contributed by atoms with van der Waals surface area (Å²) < 4.78 is 13.4. The molecule has 3 nitrogen and oxygen atoms in total. The first-order valence-electron chi connectivity index (χ1n) is 6.78. The maximum atomic E-state index is 13.4. The number of anilines is 1. The molecule has 0 radical (unpaired) electrons. The lowest BCUT2D eigenvalue weighted by Gasteiger charge is -2.53. The standard InChI is InChI=1S/C14H19ClFN3/c15-11-5-12(16)7-13(6-11)18-14(8-17)9-19-3-1-10(14)2-4-19/h5-7,10,18H,1-4,8-9,17H2. The van der Waals surface area contributed by atoms with Crippen molar-refractivity contribution in [1.29, 1.82) is 0 Å². The number of halogens is 2. The van der Waals surface area contributed by atoms with Crippen LogP contribution in [0.1, 0.15) is 12.8 Å². The maximum Gasteiger partial charge on any atom is 0.126 e. The predicted molar refractivity (Wildman–Crippen MR) is 76.0 cm³/mol. The van der Waals surface area contributed by atoms with Crippen molar-refractivity contribution in [3.63, 3.8) is 0 Å². The molecule has 1 atom stereocenters. The van der Waals surface area contributed by atoms with Gasteiger partial charge in [0.05, 0.1) is 5.54 Å². The van der Waals surface area contributed by atoms with Crippen molar-refractivity contribution in [2.24, 2.45) is 11.7 Å². The highest BCUT2D eigenvalue weighted by molar-refractivity contribution is 6.30. The van der Waals surface area contributed by atoms with Crippen LogP contribution in [0.25, 0.3) is 0 Å². The molecule has 0 spiro atoms. The molecule has 0 amide bonds. The van der Waals surface area contributed by atoms with Crippen molar-refractivity contribution in [2.75, 3.05) is 31.5 Å². The Morgan fingerprint density at radius 3 is 2.63 bits per heavy atom. The van der Waals surface area contributed by atoms with Gasteiger partial charge in [-0.1, -0.05) is 11.6 Å². The van der Waals surface area contributed by atoms with E-state index in [-0.39, 0.29) is 11.4 Å². The third kappa shape index (κ3) is 2.45. The van der Waals surface area contributed by atoms with Gasteiger partial charge in [0.1, 0.15) is 5.82 Å². The van der Waals surface area contributed by atoms with Gasteiger partial charge in [0.15, 0.2) is 0 Å². The zero-order chi connectivity index (χ0) is 13.5. The van der Waals surface area contributed by atoms with Gasteiger partial charge in [-0.05, 0) is 50.0 Å². The molecule has 5 heteroatoms. The molecule has 104 valence electrons. The molecule has 0 saturated carbocycles. The van der Waals surface area contributed by atoms with E-state index in [0.29, 0.717) is 17.5 Å². The van der Waals surface area contributed by atoms with Crippen LogP contribution in [0.4, 0.5) is 10.1 Å². The van der Waals surface area contributed by atoms with E-state index in [4.69, 9.17) is 17.3 Å². The summed E-state index contributed by atoms with van der Waals surface area (Å²) in [6.07, 6.45) is 2.32. The highest BCUT2D eigenvalue weighted by atomic mass is 35.5. The number of piperidine rings is 3. The number of hydrogen-bond donors (Lipinski definition) is 2. The van der Waals surface area contributed by atoms with Crippen molar-refractivity contribution in [3.05, 3.63) is 29.0 Å². The normalized spacial score (nSPS) is 33.4. The summed E-state index contributed by atoms with van der Waals surface area (Å²) in [4.78, 5) is 2.43. The summed E-state index contributed by atoms with van der Waals surface area (Å²) in [6.45, 7) is 3.79. The van der Waals surface area contributed by atoms with E-state index >= 15 is 0 Å².